The van der Waals surface area contributed by atoms with Gasteiger partial charge >= 0.3 is 0 Å². The maximum absolute atomic E-state index is 12.8. The summed E-state index contributed by atoms with van der Waals surface area (Å²) in [6, 6.07) is 7.71. The number of amides is 1. The van der Waals surface area contributed by atoms with Crippen molar-refractivity contribution in [2.24, 2.45) is 0 Å². The van der Waals surface area contributed by atoms with Gasteiger partial charge in [0.15, 0.2) is 5.13 Å². The number of nitrogens with zero attached hydrogens (tertiary/aromatic N) is 4. The van der Waals surface area contributed by atoms with Crippen molar-refractivity contribution in [1.82, 2.24) is 14.2 Å². The zero-order valence-corrected chi connectivity index (χ0v) is 17.3. The van der Waals surface area contributed by atoms with Gasteiger partial charge in [-0.3, -0.25) is 9.69 Å². The molecule has 0 N–H and O–H groups in total. The smallest absolute Gasteiger partial charge is 0.244 e. The van der Waals surface area contributed by atoms with Gasteiger partial charge in [0.05, 0.1) is 23.0 Å². The minimum Gasteiger partial charge on any atom is -0.302 e. The lowest BCUT2D eigenvalue weighted by Crippen LogP contribution is -2.44. The Bertz CT molecular complexity index is 814. The Hall–Kier alpha value is -1.55. The molecule has 1 amide bonds. The van der Waals surface area contributed by atoms with Gasteiger partial charge in [0, 0.05) is 20.1 Å². The largest absolute Gasteiger partial charge is 0.302 e. The van der Waals surface area contributed by atoms with Crippen LogP contribution in [0.15, 0.2) is 24.3 Å². The second kappa shape index (κ2) is 8.90. The number of anilines is 1. The highest BCUT2D eigenvalue weighted by molar-refractivity contribution is 7.88. The second-order valence-corrected chi connectivity index (χ2v) is 9.15. The molecular formula is C17H26N4O3S2. The predicted octanol–water partition coefficient (Wildman–Crippen LogP) is 1.86. The molecule has 0 aliphatic rings. The van der Waals surface area contributed by atoms with Crippen LogP contribution in [0.5, 0.6) is 0 Å². The average molecular weight is 399 g/mol. The van der Waals surface area contributed by atoms with E-state index in [2.05, 4.69) is 23.7 Å². The van der Waals surface area contributed by atoms with Gasteiger partial charge in [-0.2, -0.15) is 4.31 Å². The second-order valence-electron chi connectivity index (χ2n) is 6.06. The molecule has 1 aromatic carbocycles. The molecule has 0 aliphatic heterocycles. The highest BCUT2D eigenvalue weighted by Gasteiger charge is 2.24. The zero-order valence-electron chi connectivity index (χ0n) is 15.7. The number of thiazole rings is 1. The lowest BCUT2D eigenvalue weighted by Gasteiger charge is -2.26. The first-order valence-electron chi connectivity index (χ1n) is 8.55. The fraction of sp³-hybridized carbons (Fsp3) is 0.529. The standard InChI is InChI=1S/C17H26N4O3S2/c1-5-20(6-2)11-12-21(16(22)13-19(3)26(4,23)24)17-18-14-9-7-8-10-15(14)25-17/h7-10H,5-6,11-13H2,1-4H3. The highest BCUT2D eigenvalue weighted by Crippen LogP contribution is 2.28. The van der Waals surface area contributed by atoms with E-state index < -0.39 is 10.0 Å². The quantitative estimate of drug-likeness (QED) is 0.645. The van der Waals surface area contributed by atoms with Crippen molar-refractivity contribution in [3.63, 3.8) is 0 Å². The van der Waals surface area contributed by atoms with Crippen LogP contribution in [0.2, 0.25) is 0 Å². The molecule has 0 atom stereocenters. The molecule has 0 fully saturated rings. The Morgan fingerprint density at radius 1 is 1.15 bits per heavy atom. The summed E-state index contributed by atoms with van der Waals surface area (Å²) in [7, 11) is -2.01. The molecule has 0 spiro atoms. The number of para-hydroxylation sites is 1. The minimum atomic E-state index is -3.42. The van der Waals surface area contributed by atoms with E-state index in [4.69, 9.17) is 0 Å². The number of hydrogen-bond acceptors (Lipinski definition) is 6. The number of fused-ring (bicyclic) bond motifs is 1. The first kappa shape index (κ1) is 20.8. The van der Waals surface area contributed by atoms with Gasteiger partial charge in [-0.25, -0.2) is 13.4 Å². The topological polar surface area (TPSA) is 73.8 Å². The van der Waals surface area contributed by atoms with Crippen molar-refractivity contribution >= 4 is 42.6 Å². The molecular weight excluding hydrogens is 372 g/mol. The molecule has 7 nitrogen and oxygen atoms in total. The molecule has 144 valence electrons. The van der Waals surface area contributed by atoms with E-state index in [9.17, 15) is 13.2 Å². The molecule has 2 rings (SSSR count). The van der Waals surface area contributed by atoms with E-state index in [1.54, 1.807) is 4.90 Å². The van der Waals surface area contributed by atoms with Crippen molar-refractivity contribution < 1.29 is 13.2 Å². The fourth-order valence-corrected chi connectivity index (χ4v) is 3.83. The average Bonchev–Trinajstić information content (AvgIpc) is 3.01. The summed E-state index contributed by atoms with van der Waals surface area (Å²) >= 11 is 1.44. The van der Waals surface area contributed by atoms with Crippen molar-refractivity contribution in [3.05, 3.63) is 24.3 Å². The molecule has 0 bridgehead atoms. The van der Waals surface area contributed by atoms with Gasteiger partial charge < -0.3 is 4.90 Å². The number of carbonyl (C=O) groups is 1. The van der Waals surface area contributed by atoms with Crippen LogP contribution in [0.3, 0.4) is 0 Å². The zero-order chi connectivity index (χ0) is 19.3. The van der Waals surface area contributed by atoms with Gasteiger partial charge in [-0.1, -0.05) is 37.3 Å². The first-order valence-corrected chi connectivity index (χ1v) is 11.2. The monoisotopic (exact) mass is 398 g/mol. The summed E-state index contributed by atoms with van der Waals surface area (Å²) in [6.07, 6.45) is 1.10. The van der Waals surface area contributed by atoms with Gasteiger partial charge in [0.1, 0.15) is 0 Å². The van der Waals surface area contributed by atoms with Crippen LogP contribution >= 0.6 is 11.3 Å². The SMILES string of the molecule is CCN(CC)CCN(C(=O)CN(C)S(C)(=O)=O)c1nc2ccccc2s1. The van der Waals surface area contributed by atoms with Crippen LogP contribution in [0.1, 0.15) is 13.8 Å². The summed E-state index contributed by atoms with van der Waals surface area (Å²) in [5.74, 6) is -0.274. The number of aromatic nitrogens is 1. The molecule has 0 saturated carbocycles. The Balaban J connectivity index is 2.27. The van der Waals surface area contributed by atoms with Gasteiger partial charge in [0.2, 0.25) is 15.9 Å². The highest BCUT2D eigenvalue weighted by atomic mass is 32.2. The normalized spacial score (nSPS) is 12.2. The summed E-state index contributed by atoms with van der Waals surface area (Å²) in [4.78, 5) is 21.2. The van der Waals surface area contributed by atoms with Crippen LogP contribution in [0.4, 0.5) is 5.13 Å². The van der Waals surface area contributed by atoms with Crippen LogP contribution in [-0.4, -0.2) is 74.5 Å². The summed E-state index contributed by atoms with van der Waals surface area (Å²) in [5.41, 5.74) is 0.838. The minimum absolute atomic E-state index is 0.201. The molecule has 0 radical (unpaired) electrons. The first-order chi connectivity index (χ1) is 12.3. The number of carbonyl (C=O) groups excluding carboxylic acids is 1. The maximum atomic E-state index is 12.8. The summed E-state index contributed by atoms with van der Waals surface area (Å²) < 4.78 is 25.4. The summed E-state index contributed by atoms with van der Waals surface area (Å²) in [6.45, 7) is 6.90. The lowest BCUT2D eigenvalue weighted by molar-refractivity contribution is -0.118. The van der Waals surface area contributed by atoms with E-state index >= 15 is 0 Å². The number of benzene rings is 1. The molecule has 0 aliphatic carbocycles. The van der Waals surface area contributed by atoms with Crippen LogP contribution < -0.4 is 4.90 Å². The Morgan fingerprint density at radius 3 is 2.38 bits per heavy atom. The third-order valence-corrected chi connectivity index (χ3v) is 6.59. The van der Waals surface area contributed by atoms with Gasteiger partial charge in [-0.15, -0.1) is 0 Å². The predicted molar refractivity (Wildman–Crippen MR) is 107 cm³/mol. The molecule has 9 heteroatoms. The molecule has 0 unspecified atom stereocenters. The molecule has 1 heterocycles. The molecule has 2 aromatic rings. The van der Waals surface area contributed by atoms with E-state index in [0.717, 1.165) is 33.9 Å². The van der Waals surface area contributed by atoms with Gasteiger partial charge in [-0.05, 0) is 25.2 Å². The lowest BCUT2D eigenvalue weighted by atomic mass is 10.3. The van der Waals surface area contributed by atoms with Gasteiger partial charge in [0.25, 0.3) is 0 Å². The van der Waals surface area contributed by atoms with Crippen molar-refractivity contribution in [2.45, 2.75) is 13.8 Å². The van der Waals surface area contributed by atoms with Crippen molar-refractivity contribution in [2.75, 3.05) is 50.9 Å². The third-order valence-electron chi connectivity index (χ3n) is 4.27. The van der Waals surface area contributed by atoms with Crippen molar-refractivity contribution in [1.29, 1.82) is 0 Å². The third kappa shape index (κ3) is 5.23. The number of likely N-dealkylation sites (N-methyl/N-ethyl adjacent to an activating group) is 2. The molecule has 26 heavy (non-hydrogen) atoms. The molecule has 0 saturated heterocycles. The van der Waals surface area contributed by atoms with Crippen LogP contribution in [-0.2, 0) is 14.8 Å². The summed E-state index contributed by atoms with van der Waals surface area (Å²) in [5, 5.41) is 0.602. The Kier molecular flexibility index (Phi) is 7.10. The van der Waals surface area contributed by atoms with E-state index in [1.165, 1.54) is 18.4 Å². The van der Waals surface area contributed by atoms with E-state index in [1.807, 2.05) is 24.3 Å². The maximum Gasteiger partial charge on any atom is 0.244 e. The fourth-order valence-electron chi connectivity index (χ4n) is 2.48. The van der Waals surface area contributed by atoms with Crippen LogP contribution in [0.25, 0.3) is 10.2 Å². The molecule has 1 aromatic heterocycles. The Labute approximate surface area is 159 Å². The van der Waals surface area contributed by atoms with Crippen LogP contribution in [0, 0.1) is 0 Å². The Morgan fingerprint density at radius 2 is 1.81 bits per heavy atom. The van der Waals surface area contributed by atoms with Crippen molar-refractivity contribution in [3.8, 4) is 0 Å². The number of sulfonamides is 1. The van der Waals surface area contributed by atoms with E-state index in [-0.39, 0.29) is 12.5 Å². The number of hydrogen-bond donors (Lipinski definition) is 0. The number of rotatable bonds is 9. The van der Waals surface area contributed by atoms with E-state index in [0.29, 0.717) is 18.2 Å².